The quantitative estimate of drug-likeness (QED) is 0.837. The maximum absolute atomic E-state index is 12.6. The van der Waals surface area contributed by atoms with E-state index in [4.69, 9.17) is 4.52 Å². The Bertz CT molecular complexity index is 649. The lowest BCUT2D eigenvalue weighted by molar-refractivity contribution is 0.224. The van der Waals surface area contributed by atoms with Gasteiger partial charge in [0.2, 0.25) is 10.0 Å². The molecule has 0 N–H and O–H groups in total. The summed E-state index contributed by atoms with van der Waals surface area (Å²) in [4.78, 5) is 2.38. The van der Waals surface area contributed by atoms with Crippen LogP contribution < -0.4 is 0 Å². The molecule has 1 aromatic heterocycles. The highest BCUT2D eigenvalue weighted by atomic mass is 32.2. The molecule has 2 atom stereocenters. The van der Waals surface area contributed by atoms with Crippen molar-refractivity contribution >= 4 is 10.0 Å². The first kappa shape index (κ1) is 16.9. The summed E-state index contributed by atoms with van der Waals surface area (Å²) in [5.41, 5.74) is 2.08. The van der Waals surface area contributed by atoms with Crippen LogP contribution >= 0.6 is 0 Å². The third-order valence-electron chi connectivity index (χ3n) is 5.22. The standard InChI is InChI=1S/C16H27N3O3S/c1-11(2)23(20,21)19-8-14-5-6-15(19)9-18(7-14)10-16-12(3)17-22-13(16)4/h11,14-15H,5-10H2,1-4H3/t14-,15+/m0/s1. The first-order valence-corrected chi connectivity index (χ1v) is 9.94. The summed E-state index contributed by atoms with van der Waals surface area (Å²) >= 11 is 0. The molecule has 0 aromatic carbocycles. The zero-order chi connectivity index (χ0) is 16.8. The van der Waals surface area contributed by atoms with Gasteiger partial charge in [-0.3, -0.25) is 4.90 Å². The van der Waals surface area contributed by atoms with E-state index >= 15 is 0 Å². The topological polar surface area (TPSA) is 66.7 Å². The summed E-state index contributed by atoms with van der Waals surface area (Å²) in [6.45, 7) is 10.7. The molecule has 7 heteroatoms. The van der Waals surface area contributed by atoms with E-state index in [0.29, 0.717) is 12.5 Å². The van der Waals surface area contributed by atoms with Gasteiger partial charge in [-0.1, -0.05) is 5.16 Å². The van der Waals surface area contributed by atoms with Gasteiger partial charge in [0.1, 0.15) is 5.76 Å². The Kier molecular flexibility index (Phi) is 4.55. The smallest absolute Gasteiger partial charge is 0.216 e. The zero-order valence-corrected chi connectivity index (χ0v) is 15.3. The number of fused-ring (bicyclic) bond motifs is 4. The van der Waals surface area contributed by atoms with E-state index in [-0.39, 0.29) is 11.3 Å². The molecule has 0 unspecified atom stereocenters. The second-order valence-electron chi connectivity index (χ2n) is 7.26. The van der Waals surface area contributed by atoms with Crippen molar-refractivity contribution in [3.05, 3.63) is 17.0 Å². The highest BCUT2D eigenvalue weighted by molar-refractivity contribution is 7.89. The molecule has 3 saturated heterocycles. The van der Waals surface area contributed by atoms with E-state index in [9.17, 15) is 8.42 Å². The van der Waals surface area contributed by atoms with Crippen molar-refractivity contribution in [2.24, 2.45) is 5.92 Å². The van der Waals surface area contributed by atoms with Crippen LogP contribution in [0.15, 0.2) is 4.52 Å². The average Bonchev–Trinajstić information content (AvgIpc) is 2.70. The number of nitrogens with zero attached hydrogens (tertiary/aromatic N) is 3. The fraction of sp³-hybridized carbons (Fsp3) is 0.812. The molecule has 0 saturated carbocycles. The molecule has 0 aliphatic carbocycles. The van der Waals surface area contributed by atoms with E-state index < -0.39 is 10.0 Å². The van der Waals surface area contributed by atoms with Gasteiger partial charge in [-0.15, -0.1) is 0 Å². The van der Waals surface area contributed by atoms with Crippen LogP contribution in [0.4, 0.5) is 0 Å². The maximum atomic E-state index is 12.6. The lowest BCUT2D eigenvalue weighted by atomic mass is 9.97. The average molecular weight is 341 g/mol. The van der Waals surface area contributed by atoms with E-state index in [1.807, 2.05) is 13.8 Å². The summed E-state index contributed by atoms with van der Waals surface area (Å²) in [7, 11) is -3.18. The SMILES string of the molecule is Cc1noc(C)c1CN1C[C@@H]2CC[C@H](C1)N(S(=O)(=O)C(C)C)C2. The number of sulfonamides is 1. The Morgan fingerprint density at radius 2 is 1.96 bits per heavy atom. The summed E-state index contributed by atoms with van der Waals surface area (Å²) in [6, 6.07) is 0.0987. The van der Waals surface area contributed by atoms with Gasteiger partial charge in [-0.25, -0.2) is 8.42 Å². The Morgan fingerprint density at radius 1 is 1.22 bits per heavy atom. The molecule has 0 radical (unpaired) electrons. The molecular weight excluding hydrogens is 314 g/mol. The molecule has 130 valence electrons. The van der Waals surface area contributed by atoms with Crippen LogP contribution in [-0.2, 0) is 16.6 Å². The normalized spacial score (nSPS) is 26.8. The molecule has 3 aliphatic rings. The summed E-state index contributed by atoms with van der Waals surface area (Å²) in [5, 5.41) is 3.68. The Labute approximate surface area is 138 Å². The van der Waals surface area contributed by atoms with Crippen molar-refractivity contribution in [3.63, 3.8) is 0 Å². The predicted octanol–water partition coefficient (Wildman–Crippen LogP) is 1.93. The third kappa shape index (κ3) is 3.19. The molecule has 3 fully saturated rings. The fourth-order valence-electron chi connectivity index (χ4n) is 3.80. The molecule has 6 nitrogen and oxygen atoms in total. The predicted molar refractivity (Wildman–Crippen MR) is 88.5 cm³/mol. The fourth-order valence-corrected chi connectivity index (χ4v) is 5.35. The highest BCUT2D eigenvalue weighted by Gasteiger charge is 2.41. The Balaban J connectivity index is 1.79. The van der Waals surface area contributed by atoms with Crippen LogP contribution in [0, 0.1) is 19.8 Å². The van der Waals surface area contributed by atoms with Crippen LogP contribution in [-0.4, -0.2) is 53.7 Å². The van der Waals surface area contributed by atoms with Crippen LogP contribution in [0.2, 0.25) is 0 Å². The molecular formula is C16H27N3O3S. The summed E-state index contributed by atoms with van der Waals surface area (Å²) in [6.07, 6.45) is 2.08. The summed E-state index contributed by atoms with van der Waals surface area (Å²) < 4.78 is 32.3. The van der Waals surface area contributed by atoms with Crippen molar-refractivity contribution in [2.75, 3.05) is 19.6 Å². The van der Waals surface area contributed by atoms with Crippen molar-refractivity contribution in [1.29, 1.82) is 0 Å². The lowest BCUT2D eigenvalue weighted by Gasteiger charge is -2.36. The van der Waals surface area contributed by atoms with Gasteiger partial charge in [0.25, 0.3) is 0 Å². The Morgan fingerprint density at radius 3 is 2.57 bits per heavy atom. The van der Waals surface area contributed by atoms with E-state index in [1.165, 1.54) is 0 Å². The molecule has 1 aromatic rings. The molecule has 4 heterocycles. The molecule has 0 amide bonds. The van der Waals surface area contributed by atoms with Crippen molar-refractivity contribution in [1.82, 2.24) is 14.4 Å². The van der Waals surface area contributed by atoms with Gasteiger partial charge >= 0.3 is 0 Å². The van der Waals surface area contributed by atoms with E-state index in [0.717, 1.165) is 49.5 Å². The third-order valence-corrected chi connectivity index (χ3v) is 7.52. The second kappa shape index (κ2) is 6.18. The molecule has 23 heavy (non-hydrogen) atoms. The number of aryl methyl sites for hydroxylation is 2. The van der Waals surface area contributed by atoms with Crippen LogP contribution in [0.3, 0.4) is 0 Å². The molecule has 4 rings (SSSR count). The molecule has 3 aliphatic heterocycles. The highest BCUT2D eigenvalue weighted by Crippen LogP contribution is 2.32. The van der Waals surface area contributed by atoms with Crippen molar-refractivity contribution in [3.8, 4) is 0 Å². The van der Waals surface area contributed by atoms with Gasteiger partial charge in [0.05, 0.1) is 10.9 Å². The largest absolute Gasteiger partial charge is 0.361 e. The monoisotopic (exact) mass is 341 g/mol. The first-order chi connectivity index (χ1) is 10.8. The van der Waals surface area contributed by atoms with Gasteiger partial charge in [-0.2, -0.15) is 4.31 Å². The Hall–Kier alpha value is -0.920. The van der Waals surface area contributed by atoms with Gasteiger partial charge in [-0.05, 0) is 46.5 Å². The van der Waals surface area contributed by atoms with Crippen molar-refractivity contribution in [2.45, 2.75) is 58.4 Å². The number of piperidine rings is 1. The number of rotatable bonds is 4. The molecule has 2 bridgehead atoms. The minimum absolute atomic E-state index is 0.0987. The molecule has 0 spiro atoms. The minimum Gasteiger partial charge on any atom is -0.361 e. The van der Waals surface area contributed by atoms with E-state index in [1.54, 1.807) is 18.2 Å². The zero-order valence-electron chi connectivity index (χ0n) is 14.4. The number of aromatic nitrogens is 1. The first-order valence-electron chi connectivity index (χ1n) is 8.43. The minimum atomic E-state index is -3.18. The van der Waals surface area contributed by atoms with Gasteiger partial charge < -0.3 is 4.52 Å². The second-order valence-corrected chi connectivity index (χ2v) is 9.70. The van der Waals surface area contributed by atoms with E-state index in [2.05, 4.69) is 10.1 Å². The van der Waals surface area contributed by atoms with Crippen LogP contribution in [0.5, 0.6) is 0 Å². The van der Waals surface area contributed by atoms with Gasteiger partial charge in [0, 0.05) is 37.8 Å². The van der Waals surface area contributed by atoms with Crippen LogP contribution in [0.25, 0.3) is 0 Å². The lowest BCUT2D eigenvalue weighted by Crippen LogP contribution is -2.49. The number of hydrogen-bond acceptors (Lipinski definition) is 5. The maximum Gasteiger partial charge on any atom is 0.216 e. The number of hydrogen-bond donors (Lipinski definition) is 0. The van der Waals surface area contributed by atoms with Crippen LogP contribution in [0.1, 0.15) is 43.7 Å². The summed E-state index contributed by atoms with van der Waals surface area (Å²) in [5.74, 6) is 1.29. The van der Waals surface area contributed by atoms with Crippen molar-refractivity contribution < 1.29 is 12.9 Å². The van der Waals surface area contributed by atoms with Gasteiger partial charge in [0.15, 0.2) is 0 Å².